The van der Waals surface area contributed by atoms with Crippen LogP contribution in [0.15, 0.2) is 89.9 Å². The Hall–Kier alpha value is -6.50. The van der Waals surface area contributed by atoms with Crippen molar-refractivity contribution in [2.45, 2.75) is 88.5 Å². The number of alkyl halides is 3. The van der Waals surface area contributed by atoms with E-state index >= 15 is 4.79 Å². The van der Waals surface area contributed by atoms with Gasteiger partial charge in [0.05, 0.1) is 17.4 Å². The molecular formula is C45H46F3N7O8S. The molecule has 15 nitrogen and oxygen atoms in total. The average molecular weight is 902 g/mol. The molecule has 3 heterocycles. The van der Waals surface area contributed by atoms with Gasteiger partial charge >= 0.3 is 6.18 Å². The first-order valence-electron chi connectivity index (χ1n) is 20.7. The van der Waals surface area contributed by atoms with Crippen molar-refractivity contribution in [1.29, 1.82) is 0 Å². The Labute approximate surface area is 366 Å². The molecule has 8 rings (SSSR count). The second-order valence-electron chi connectivity index (χ2n) is 17.6. The number of anilines is 2. The van der Waals surface area contributed by atoms with E-state index in [9.17, 15) is 36.0 Å². The van der Waals surface area contributed by atoms with E-state index in [0.717, 1.165) is 12.1 Å². The maximum atomic E-state index is 15.0. The van der Waals surface area contributed by atoms with Gasteiger partial charge in [-0.2, -0.15) is 18.2 Å². The highest BCUT2D eigenvalue weighted by Gasteiger charge is 2.62. The number of amides is 4. The average Bonchev–Trinajstić information content (AvgIpc) is 4.14. The van der Waals surface area contributed by atoms with Crippen LogP contribution in [0.5, 0.6) is 5.88 Å². The third-order valence-corrected chi connectivity index (χ3v) is 13.5. The van der Waals surface area contributed by atoms with Gasteiger partial charge in [-0.3, -0.25) is 23.9 Å². The fourth-order valence-corrected chi connectivity index (χ4v) is 9.37. The van der Waals surface area contributed by atoms with Gasteiger partial charge in [0, 0.05) is 41.6 Å². The molecule has 2 saturated carbocycles. The van der Waals surface area contributed by atoms with Crippen molar-refractivity contribution < 1.29 is 49.9 Å². The summed E-state index contributed by atoms with van der Waals surface area (Å²) in [7, 11) is -3.98. The molecule has 3 aliphatic rings. The van der Waals surface area contributed by atoms with Crippen LogP contribution in [0.4, 0.5) is 24.5 Å². The zero-order valence-electron chi connectivity index (χ0n) is 35.3. The molecule has 3 fully saturated rings. The quantitative estimate of drug-likeness (QED) is 0.0932. The minimum atomic E-state index is -4.57. The maximum absolute atomic E-state index is 15.0. The Kier molecular flexibility index (Phi) is 11.2. The molecule has 2 aromatic heterocycles. The second-order valence-corrected chi connectivity index (χ2v) is 19.5. The van der Waals surface area contributed by atoms with Crippen molar-refractivity contribution >= 4 is 67.1 Å². The largest absolute Gasteiger partial charge is 0.470 e. The highest BCUT2D eigenvalue weighted by Crippen LogP contribution is 2.46. The zero-order valence-corrected chi connectivity index (χ0v) is 36.1. The van der Waals surface area contributed by atoms with E-state index in [1.807, 2.05) is 20.8 Å². The zero-order chi connectivity index (χ0) is 45.9. The van der Waals surface area contributed by atoms with Crippen LogP contribution in [-0.4, -0.2) is 82.4 Å². The van der Waals surface area contributed by atoms with E-state index in [4.69, 9.17) is 9.15 Å². The minimum Gasteiger partial charge on any atom is -0.470 e. The van der Waals surface area contributed by atoms with Gasteiger partial charge in [-0.15, -0.1) is 6.58 Å². The molecule has 64 heavy (non-hydrogen) atoms. The molecule has 3 aromatic carbocycles. The van der Waals surface area contributed by atoms with Crippen LogP contribution >= 0.6 is 0 Å². The van der Waals surface area contributed by atoms with Gasteiger partial charge in [-0.05, 0) is 67.1 Å². The predicted molar refractivity (Wildman–Crippen MR) is 231 cm³/mol. The molecule has 0 bridgehead atoms. The smallest absolute Gasteiger partial charge is 0.416 e. The fourth-order valence-electron chi connectivity index (χ4n) is 8.01. The second kappa shape index (κ2) is 16.2. The van der Waals surface area contributed by atoms with Crippen LogP contribution in [0.2, 0.25) is 0 Å². The SMILES string of the molecule is C=C[C@@H]1C[C@]1(NC(=O)[C@@H]1C[C@@H](Oc2nc(-c3ccc(C(F)(F)F)cc3)nc3c2oc2ccccc23)CN1C(=O)[C@@H](Nc1cccc(NC(C)=O)c1)C(C)(C)C)C(=O)NS(=O)(=O)C1CC1. The van der Waals surface area contributed by atoms with E-state index in [1.54, 1.807) is 48.5 Å². The van der Waals surface area contributed by atoms with Crippen molar-refractivity contribution in [2.24, 2.45) is 11.3 Å². The van der Waals surface area contributed by atoms with Crippen molar-refractivity contribution in [3.63, 3.8) is 0 Å². The van der Waals surface area contributed by atoms with E-state index in [-0.39, 0.29) is 48.1 Å². The van der Waals surface area contributed by atoms with Gasteiger partial charge in [0.2, 0.25) is 33.3 Å². The number of furan rings is 1. The van der Waals surface area contributed by atoms with Crippen LogP contribution in [0.25, 0.3) is 33.5 Å². The van der Waals surface area contributed by atoms with Gasteiger partial charge in [0.25, 0.3) is 11.8 Å². The number of halogens is 3. The standard InChI is InChI=1S/C45H46F3N7O8S/c1-6-26-22-44(26,42(59)54-64(60,61)31-18-19-31)53-39(57)33-21-30(23-55(33)41(58)37(43(3,4)5)50-29-11-9-10-28(20-29)49-24(2)56)62-40-36-35(32-12-7-8-13-34(32)63-36)51-38(52-40)25-14-16-27(17-15-25)45(46,47)48/h6-17,20,26,30-31,33,37,50H,1,18-19,21-23H2,2-5H3,(H,49,56)(H,53,57)(H,54,59)/t26-,30-,33+,37-,44-/m1/s1. The van der Waals surface area contributed by atoms with Gasteiger partial charge < -0.3 is 30.0 Å². The summed E-state index contributed by atoms with van der Waals surface area (Å²) in [4.78, 5) is 65.8. The molecule has 4 amide bonds. The number of hydrogen-bond acceptors (Lipinski definition) is 11. The molecule has 0 unspecified atom stereocenters. The third-order valence-electron chi connectivity index (χ3n) is 11.6. The van der Waals surface area contributed by atoms with Crippen molar-refractivity contribution in [2.75, 3.05) is 17.2 Å². The highest BCUT2D eigenvalue weighted by molar-refractivity contribution is 7.91. The summed E-state index contributed by atoms with van der Waals surface area (Å²) < 4.78 is 81.1. The van der Waals surface area contributed by atoms with Gasteiger partial charge in [0.15, 0.2) is 5.82 Å². The van der Waals surface area contributed by atoms with E-state index in [1.165, 1.54) is 30.0 Å². The lowest BCUT2D eigenvalue weighted by atomic mass is 9.85. The number of carbonyl (C=O) groups is 4. The number of aromatic nitrogens is 2. The maximum Gasteiger partial charge on any atom is 0.416 e. The first-order valence-corrected chi connectivity index (χ1v) is 22.2. The van der Waals surface area contributed by atoms with Crippen molar-refractivity contribution in [3.8, 4) is 17.3 Å². The Balaban J connectivity index is 1.15. The first kappa shape index (κ1) is 44.1. The summed E-state index contributed by atoms with van der Waals surface area (Å²) in [6.07, 6.45) is -3.31. The number of benzene rings is 3. The predicted octanol–water partition coefficient (Wildman–Crippen LogP) is 6.56. The topological polar surface area (TPSA) is 202 Å². The first-order chi connectivity index (χ1) is 30.2. The van der Waals surface area contributed by atoms with Crippen LogP contribution in [0.3, 0.4) is 0 Å². The van der Waals surface area contributed by atoms with Gasteiger partial charge in [-0.25, -0.2) is 13.4 Å². The minimum absolute atomic E-state index is 0.0276. The highest BCUT2D eigenvalue weighted by atomic mass is 32.2. The lowest BCUT2D eigenvalue weighted by Crippen LogP contribution is -2.58. The number of fused-ring (bicyclic) bond motifs is 3. The lowest BCUT2D eigenvalue weighted by Gasteiger charge is -2.36. The Morgan fingerprint density at radius 2 is 1.69 bits per heavy atom. The summed E-state index contributed by atoms with van der Waals surface area (Å²) in [6.45, 7) is 10.5. The lowest BCUT2D eigenvalue weighted by molar-refractivity contribution is -0.141. The molecular weight excluding hydrogens is 856 g/mol. The Bertz CT molecular complexity index is 2800. The summed E-state index contributed by atoms with van der Waals surface area (Å²) in [5, 5.41) is 8.67. The van der Waals surface area contributed by atoms with Crippen LogP contribution in [0, 0.1) is 11.3 Å². The number of likely N-dealkylation sites (tertiary alicyclic amines) is 1. The monoisotopic (exact) mass is 901 g/mol. The number of ether oxygens (including phenoxy) is 1. The summed E-state index contributed by atoms with van der Waals surface area (Å²) in [5.41, 5.74) is -1.20. The number of nitrogens with one attached hydrogen (secondary N) is 4. The molecule has 2 aliphatic carbocycles. The molecule has 5 atom stereocenters. The fraction of sp³-hybridized carbons (Fsp3) is 0.378. The van der Waals surface area contributed by atoms with Gasteiger partial charge in [-0.1, -0.05) is 57.2 Å². The Morgan fingerprint density at radius 3 is 2.33 bits per heavy atom. The van der Waals surface area contributed by atoms with Gasteiger partial charge in [0.1, 0.15) is 34.8 Å². The van der Waals surface area contributed by atoms with Crippen LogP contribution < -0.4 is 25.4 Å². The third kappa shape index (κ3) is 8.85. The van der Waals surface area contributed by atoms with Crippen LogP contribution in [0.1, 0.15) is 58.9 Å². The van der Waals surface area contributed by atoms with Crippen molar-refractivity contribution in [3.05, 3.63) is 91.0 Å². The molecule has 1 aliphatic heterocycles. The molecule has 4 N–H and O–H groups in total. The summed E-state index contributed by atoms with van der Waals surface area (Å²) >= 11 is 0. The number of nitrogens with zero attached hydrogens (tertiary/aromatic N) is 3. The van der Waals surface area contributed by atoms with Crippen LogP contribution in [-0.2, 0) is 35.4 Å². The molecule has 19 heteroatoms. The number of rotatable bonds is 13. The molecule has 1 saturated heterocycles. The summed E-state index contributed by atoms with van der Waals surface area (Å²) in [5.74, 6) is -3.13. The Morgan fingerprint density at radius 1 is 0.984 bits per heavy atom. The molecule has 0 radical (unpaired) electrons. The van der Waals surface area contributed by atoms with E-state index < -0.39 is 79.8 Å². The molecule has 336 valence electrons. The number of para-hydroxylation sites is 1. The number of carbonyl (C=O) groups excluding carboxylic acids is 4. The van der Waals surface area contributed by atoms with E-state index in [0.29, 0.717) is 40.7 Å². The molecule has 5 aromatic rings. The molecule has 0 spiro atoms. The number of hydrogen-bond donors (Lipinski definition) is 4. The number of sulfonamides is 1. The summed E-state index contributed by atoms with van der Waals surface area (Å²) in [6, 6.07) is 15.8. The van der Waals surface area contributed by atoms with Crippen molar-refractivity contribution in [1.82, 2.24) is 24.9 Å². The van der Waals surface area contributed by atoms with E-state index in [2.05, 4.69) is 37.2 Å². The normalized spacial score (nSPS) is 21.5.